The van der Waals surface area contributed by atoms with Gasteiger partial charge in [0.05, 0.1) is 23.8 Å². The van der Waals surface area contributed by atoms with Crippen molar-refractivity contribution in [3.63, 3.8) is 0 Å². The van der Waals surface area contributed by atoms with Crippen LogP contribution in [-0.4, -0.2) is 41.2 Å². The number of aliphatic imine (C=N–C) groups is 1. The van der Waals surface area contributed by atoms with Crippen molar-refractivity contribution in [2.45, 2.75) is 6.04 Å². The van der Waals surface area contributed by atoms with Gasteiger partial charge in [0, 0.05) is 29.1 Å². The highest BCUT2D eigenvalue weighted by Crippen LogP contribution is 2.42. The van der Waals surface area contributed by atoms with Gasteiger partial charge in [-0.1, -0.05) is 24.3 Å². The number of rotatable bonds is 6. The summed E-state index contributed by atoms with van der Waals surface area (Å²) in [4.78, 5) is 32.7. The van der Waals surface area contributed by atoms with Crippen LogP contribution in [0.5, 0.6) is 5.75 Å². The normalized spacial score (nSPS) is 17.7. The van der Waals surface area contributed by atoms with Crippen LogP contribution in [0.1, 0.15) is 27.5 Å². The Labute approximate surface area is 205 Å². The first-order chi connectivity index (χ1) is 17.0. The minimum absolute atomic E-state index is 0.0634. The van der Waals surface area contributed by atoms with Gasteiger partial charge in [0.25, 0.3) is 5.91 Å². The van der Waals surface area contributed by atoms with Crippen LogP contribution >= 0.6 is 11.8 Å². The van der Waals surface area contributed by atoms with E-state index >= 15 is 0 Å². The number of benzene rings is 3. The molecular weight excluding hydrogens is 467 g/mol. The molecule has 3 aromatic carbocycles. The summed E-state index contributed by atoms with van der Waals surface area (Å²) in [6.07, 6.45) is 0. The van der Waals surface area contributed by atoms with Crippen molar-refractivity contribution in [1.82, 2.24) is 0 Å². The largest absolute Gasteiger partial charge is 0.503 e. The molecule has 0 saturated carbocycles. The van der Waals surface area contributed by atoms with Gasteiger partial charge in [0.2, 0.25) is 0 Å². The van der Waals surface area contributed by atoms with Gasteiger partial charge >= 0.3 is 0 Å². The fourth-order valence-corrected chi connectivity index (χ4v) is 5.10. The lowest BCUT2D eigenvalue weighted by molar-refractivity contribution is -0.117. The van der Waals surface area contributed by atoms with E-state index in [0.29, 0.717) is 22.6 Å². The second kappa shape index (κ2) is 9.38. The third kappa shape index (κ3) is 4.21. The SMILES string of the molecule is COc1ccc(C(=O)C2=C(O)C(=O)N(c3ccc(C4=NCCS4)cc3)C2c2ccc(F)cc2)cc1. The molecule has 0 spiro atoms. The number of anilines is 1. The summed E-state index contributed by atoms with van der Waals surface area (Å²) in [5.41, 5.74) is 2.17. The molecule has 1 unspecified atom stereocenters. The van der Waals surface area contributed by atoms with E-state index in [4.69, 9.17) is 4.74 Å². The lowest BCUT2D eigenvalue weighted by Crippen LogP contribution is -2.31. The summed E-state index contributed by atoms with van der Waals surface area (Å²) in [6, 6.07) is 18.3. The van der Waals surface area contributed by atoms with Crippen molar-refractivity contribution in [2.75, 3.05) is 24.3 Å². The quantitative estimate of drug-likeness (QED) is 0.488. The third-order valence-electron chi connectivity index (χ3n) is 5.97. The maximum absolute atomic E-state index is 13.7. The van der Waals surface area contributed by atoms with Crippen LogP contribution in [0.25, 0.3) is 0 Å². The van der Waals surface area contributed by atoms with Crippen molar-refractivity contribution < 1.29 is 23.8 Å². The van der Waals surface area contributed by atoms with Crippen molar-refractivity contribution in [2.24, 2.45) is 4.99 Å². The number of carbonyl (C=O) groups excluding carboxylic acids is 2. The Balaban J connectivity index is 1.57. The Hall–Kier alpha value is -3.91. The van der Waals surface area contributed by atoms with Gasteiger partial charge in [-0.05, 0) is 54.1 Å². The number of methoxy groups -OCH3 is 1. The van der Waals surface area contributed by atoms with E-state index in [0.717, 1.165) is 22.9 Å². The smallest absolute Gasteiger partial charge is 0.294 e. The van der Waals surface area contributed by atoms with Crippen LogP contribution in [0, 0.1) is 5.82 Å². The average Bonchev–Trinajstić information content (AvgIpc) is 3.52. The van der Waals surface area contributed by atoms with Crippen LogP contribution in [0.15, 0.2) is 89.1 Å². The van der Waals surface area contributed by atoms with E-state index < -0.39 is 29.3 Å². The number of halogens is 1. The van der Waals surface area contributed by atoms with Crippen molar-refractivity contribution in [1.29, 1.82) is 0 Å². The van der Waals surface area contributed by atoms with Gasteiger partial charge in [-0.25, -0.2) is 4.39 Å². The van der Waals surface area contributed by atoms with Gasteiger partial charge < -0.3 is 9.84 Å². The molecule has 6 nitrogen and oxygen atoms in total. The minimum Gasteiger partial charge on any atom is -0.503 e. The summed E-state index contributed by atoms with van der Waals surface area (Å²) in [7, 11) is 1.52. The Morgan fingerprint density at radius 3 is 2.34 bits per heavy atom. The Morgan fingerprint density at radius 2 is 1.74 bits per heavy atom. The van der Waals surface area contributed by atoms with Crippen molar-refractivity contribution in [3.05, 3.63) is 107 Å². The van der Waals surface area contributed by atoms with Crippen LogP contribution < -0.4 is 9.64 Å². The predicted molar refractivity (Wildman–Crippen MR) is 134 cm³/mol. The standard InChI is InChI=1S/C27H21FN2O4S/c1-34-21-12-6-17(7-13-21)24(31)22-23(16-2-8-19(28)9-3-16)30(27(33)25(22)32)20-10-4-18(5-11-20)26-29-14-15-35-26/h2-13,23,32H,14-15H2,1H3. The first kappa shape index (κ1) is 22.9. The van der Waals surface area contributed by atoms with Gasteiger partial charge in [0.15, 0.2) is 11.5 Å². The molecule has 176 valence electrons. The minimum atomic E-state index is -0.929. The van der Waals surface area contributed by atoms with Crippen molar-refractivity contribution in [3.8, 4) is 5.75 Å². The summed E-state index contributed by atoms with van der Waals surface area (Å²) >= 11 is 1.67. The molecule has 1 N–H and O–H groups in total. The van der Waals surface area contributed by atoms with Crippen molar-refractivity contribution >= 4 is 34.2 Å². The monoisotopic (exact) mass is 488 g/mol. The van der Waals surface area contributed by atoms with Gasteiger partial charge in [0.1, 0.15) is 11.6 Å². The molecule has 2 heterocycles. The molecule has 0 radical (unpaired) electrons. The van der Waals surface area contributed by atoms with E-state index in [2.05, 4.69) is 4.99 Å². The molecule has 1 amide bonds. The number of aliphatic hydroxyl groups excluding tert-OH is 1. The Kier molecular flexibility index (Phi) is 6.13. The third-order valence-corrected chi connectivity index (χ3v) is 6.99. The van der Waals surface area contributed by atoms with Crippen LogP contribution in [-0.2, 0) is 4.79 Å². The maximum Gasteiger partial charge on any atom is 0.294 e. The molecule has 2 aliphatic rings. The fraction of sp³-hybridized carbons (Fsp3) is 0.148. The number of thioether (sulfide) groups is 1. The molecule has 0 fully saturated rings. The van der Waals surface area contributed by atoms with Gasteiger partial charge in [-0.15, -0.1) is 11.8 Å². The zero-order valence-corrected chi connectivity index (χ0v) is 19.6. The number of ketones is 1. The molecule has 0 bridgehead atoms. The zero-order valence-electron chi connectivity index (χ0n) is 18.8. The maximum atomic E-state index is 13.7. The highest BCUT2D eigenvalue weighted by atomic mass is 32.2. The number of nitrogens with zero attached hydrogens (tertiary/aromatic N) is 2. The first-order valence-electron chi connectivity index (χ1n) is 11.0. The highest BCUT2D eigenvalue weighted by Gasteiger charge is 2.44. The fourth-order valence-electron chi connectivity index (χ4n) is 4.24. The summed E-state index contributed by atoms with van der Waals surface area (Å²) in [6.45, 7) is 0.771. The predicted octanol–water partition coefficient (Wildman–Crippen LogP) is 5.11. The summed E-state index contributed by atoms with van der Waals surface area (Å²) in [5.74, 6) is -0.757. The lowest BCUT2D eigenvalue weighted by atomic mass is 9.92. The Bertz CT molecular complexity index is 1350. The van der Waals surface area contributed by atoms with E-state index in [1.165, 1.54) is 36.3 Å². The number of amides is 1. The number of aliphatic hydroxyl groups is 1. The number of ether oxygens (including phenoxy) is 1. The lowest BCUT2D eigenvalue weighted by Gasteiger charge is -2.27. The molecule has 1 atom stereocenters. The summed E-state index contributed by atoms with van der Waals surface area (Å²) in [5, 5.41) is 11.8. The number of Topliss-reactive ketones (excluding diaryl/α,β-unsaturated/α-hetero) is 1. The van der Waals surface area contributed by atoms with Crippen LogP contribution in [0.3, 0.4) is 0 Å². The topological polar surface area (TPSA) is 79.2 Å². The number of hydrogen-bond acceptors (Lipinski definition) is 6. The van der Waals surface area contributed by atoms with Gasteiger partial charge in [-0.3, -0.25) is 19.5 Å². The molecule has 3 aromatic rings. The van der Waals surface area contributed by atoms with E-state index in [1.807, 2.05) is 12.1 Å². The zero-order chi connectivity index (χ0) is 24.5. The Morgan fingerprint density at radius 1 is 1.06 bits per heavy atom. The molecular formula is C27H21FN2O4S. The van der Waals surface area contributed by atoms with Crippen LogP contribution in [0.2, 0.25) is 0 Å². The second-order valence-electron chi connectivity index (χ2n) is 8.03. The molecule has 0 saturated heterocycles. The molecule has 5 rings (SSSR count). The molecule has 0 aromatic heterocycles. The molecule has 8 heteroatoms. The summed E-state index contributed by atoms with van der Waals surface area (Å²) < 4.78 is 18.9. The van der Waals surface area contributed by atoms with E-state index in [1.54, 1.807) is 48.2 Å². The molecule has 0 aliphatic carbocycles. The number of hydrogen-bond donors (Lipinski definition) is 1. The average molecular weight is 489 g/mol. The van der Waals surface area contributed by atoms with E-state index in [-0.39, 0.29) is 5.57 Å². The second-order valence-corrected chi connectivity index (χ2v) is 9.11. The van der Waals surface area contributed by atoms with E-state index in [9.17, 15) is 19.1 Å². The molecule has 2 aliphatic heterocycles. The highest BCUT2D eigenvalue weighted by molar-refractivity contribution is 8.14. The number of carbonyl (C=O) groups is 2. The van der Waals surface area contributed by atoms with Crippen LogP contribution in [0.4, 0.5) is 10.1 Å². The first-order valence-corrected chi connectivity index (χ1v) is 11.9. The molecule has 35 heavy (non-hydrogen) atoms. The van der Waals surface area contributed by atoms with Gasteiger partial charge in [-0.2, -0.15) is 0 Å².